The third-order valence-corrected chi connectivity index (χ3v) is 6.00. The first-order chi connectivity index (χ1) is 12.4. The van der Waals surface area contributed by atoms with Crippen LogP contribution in [0.25, 0.3) is 0 Å². The monoisotopic (exact) mass is 393 g/mol. The lowest BCUT2D eigenvalue weighted by atomic mass is 9.65. The molecule has 2 unspecified atom stereocenters. The highest BCUT2D eigenvalue weighted by Gasteiger charge is 2.40. The molecule has 2 saturated carbocycles. The van der Waals surface area contributed by atoms with E-state index in [4.69, 9.17) is 5.73 Å². The van der Waals surface area contributed by atoms with E-state index >= 15 is 0 Å². The molecule has 2 atom stereocenters. The normalized spacial score (nSPS) is 26.8. The zero-order valence-corrected chi connectivity index (χ0v) is 17.1. The molecule has 2 fully saturated rings. The minimum absolute atomic E-state index is 0. The van der Waals surface area contributed by atoms with Crippen molar-refractivity contribution in [3.8, 4) is 0 Å². The van der Waals surface area contributed by atoms with E-state index in [2.05, 4.69) is 10.6 Å². The van der Waals surface area contributed by atoms with Crippen LogP contribution in [0.15, 0.2) is 24.3 Å². The first-order valence-electron chi connectivity index (χ1n) is 9.87. The molecule has 6 heteroatoms. The SMILES string of the molecule is CC(C)C(=O)Nc1ccc(CNC(=O)C2CC3CCCC(C2)C3N)cc1.Cl. The third-order valence-electron chi connectivity index (χ3n) is 6.00. The summed E-state index contributed by atoms with van der Waals surface area (Å²) in [5, 5.41) is 5.96. The molecule has 0 aliphatic heterocycles. The van der Waals surface area contributed by atoms with E-state index in [-0.39, 0.29) is 36.1 Å². The van der Waals surface area contributed by atoms with Gasteiger partial charge in [0.1, 0.15) is 0 Å². The fourth-order valence-electron chi connectivity index (χ4n) is 4.33. The number of carbonyl (C=O) groups excluding carboxylic acids is 2. The molecule has 0 spiro atoms. The Balaban J connectivity index is 0.00000261. The summed E-state index contributed by atoms with van der Waals surface area (Å²) in [4.78, 5) is 24.3. The van der Waals surface area contributed by atoms with Crippen LogP contribution in [0.2, 0.25) is 0 Å². The van der Waals surface area contributed by atoms with Crippen LogP contribution in [0.5, 0.6) is 0 Å². The first-order valence-corrected chi connectivity index (χ1v) is 9.87. The van der Waals surface area contributed by atoms with Crippen molar-refractivity contribution >= 4 is 29.9 Å². The van der Waals surface area contributed by atoms with Crippen LogP contribution in [-0.4, -0.2) is 17.9 Å². The van der Waals surface area contributed by atoms with Gasteiger partial charge in [0.2, 0.25) is 11.8 Å². The van der Waals surface area contributed by atoms with E-state index in [1.807, 2.05) is 38.1 Å². The number of carbonyl (C=O) groups is 2. The number of fused-ring (bicyclic) bond motifs is 2. The minimum Gasteiger partial charge on any atom is -0.352 e. The Bertz CT molecular complexity index is 633. The molecule has 0 radical (unpaired) electrons. The fourth-order valence-corrected chi connectivity index (χ4v) is 4.33. The van der Waals surface area contributed by atoms with Gasteiger partial charge in [0.05, 0.1) is 0 Å². The lowest BCUT2D eigenvalue weighted by molar-refractivity contribution is -0.128. The number of hydrogen-bond donors (Lipinski definition) is 3. The molecule has 2 aliphatic carbocycles. The van der Waals surface area contributed by atoms with Gasteiger partial charge in [-0.15, -0.1) is 12.4 Å². The van der Waals surface area contributed by atoms with Crippen molar-refractivity contribution in [3.05, 3.63) is 29.8 Å². The second-order valence-corrected chi connectivity index (χ2v) is 8.26. The van der Waals surface area contributed by atoms with Crippen LogP contribution in [0, 0.1) is 23.7 Å². The van der Waals surface area contributed by atoms with Gasteiger partial charge in [0.15, 0.2) is 0 Å². The van der Waals surface area contributed by atoms with E-state index in [0.29, 0.717) is 24.4 Å². The van der Waals surface area contributed by atoms with E-state index < -0.39 is 0 Å². The van der Waals surface area contributed by atoms with Crippen LogP contribution in [0.1, 0.15) is 51.5 Å². The summed E-state index contributed by atoms with van der Waals surface area (Å²) in [5.41, 5.74) is 8.14. The number of nitrogens with two attached hydrogens (primary N) is 1. The average molecular weight is 394 g/mol. The Morgan fingerprint density at radius 2 is 1.70 bits per heavy atom. The number of amides is 2. The number of benzene rings is 1. The van der Waals surface area contributed by atoms with Crippen molar-refractivity contribution < 1.29 is 9.59 Å². The second-order valence-electron chi connectivity index (χ2n) is 8.26. The Hall–Kier alpha value is -1.59. The van der Waals surface area contributed by atoms with Crippen LogP contribution in [0.3, 0.4) is 0 Å². The zero-order valence-electron chi connectivity index (χ0n) is 16.2. The summed E-state index contributed by atoms with van der Waals surface area (Å²) >= 11 is 0. The van der Waals surface area contributed by atoms with Crippen LogP contribution in [-0.2, 0) is 16.1 Å². The molecule has 1 aromatic rings. The van der Waals surface area contributed by atoms with Gasteiger partial charge in [0.25, 0.3) is 0 Å². The Kier molecular flexibility index (Phi) is 7.68. The summed E-state index contributed by atoms with van der Waals surface area (Å²) in [5.74, 6) is 1.26. The van der Waals surface area contributed by atoms with Crippen LogP contribution in [0.4, 0.5) is 5.69 Å². The van der Waals surface area contributed by atoms with E-state index in [1.165, 1.54) is 19.3 Å². The molecule has 4 N–H and O–H groups in total. The van der Waals surface area contributed by atoms with Gasteiger partial charge in [-0.3, -0.25) is 9.59 Å². The minimum atomic E-state index is -0.0444. The highest BCUT2D eigenvalue weighted by atomic mass is 35.5. The van der Waals surface area contributed by atoms with Crippen molar-refractivity contribution in [3.63, 3.8) is 0 Å². The molecule has 0 saturated heterocycles. The molecule has 2 aliphatic rings. The number of anilines is 1. The number of hydrogen-bond acceptors (Lipinski definition) is 3. The van der Waals surface area contributed by atoms with Crippen LogP contribution < -0.4 is 16.4 Å². The maximum Gasteiger partial charge on any atom is 0.226 e. The molecule has 0 aromatic heterocycles. The van der Waals surface area contributed by atoms with Gasteiger partial charge >= 0.3 is 0 Å². The summed E-state index contributed by atoms with van der Waals surface area (Å²) in [7, 11) is 0. The van der Waals surface area contributed by atoms with Gasteiger partial charge in [-0.1, -0.05) is 32.4 Å². The lowest BCUT2D eigenvalue weighted by Crippen LogP contribution is -2.49. The highest BCUT2D eigenvalue weighted by Crippen LogP contribution is 2.41. The van der Waals surface area contributed by atoms with E-state index in [9.17, 15) is 9.59 Å². The van der Waals surface area contributed by atoms with Gasteiger partial charge in [-0.25, -0.2) is 0 Å². The second kappa shape index (κ2) is 9.56. The van der Waals surface area contributed by atoms with Crippen molar-refractivity contribution in [2.24, 2.45) is 29.4 Å². The van der Waals surface area contributed by atoms with Crippen LogP contribution >= 0.6 is 12.4 Å². The van der Waals surface area contributed by atoms with Crippen molar-refractivity contribution in [2.75, 3.05) is 5.32 Å². The summed E-state index contributed by atoms with van der Waals surface area (Å²) in [6.45, 7) is 4.26. The number of rotatable bonds is 5. The molecule has 1 aromatic carbocycles. The Morgan fingerprint density at radius 1 is 1.11 bits per heavy atom. The molecule has 150 valence electrons. The van der Waals surface area contributed by atoms with Crippen molar-refractivity contribution in [2.45, 2.75) is 58.5 Å². The van der Waals surface area contributed by atoms with Gasteiger partial charge in [-0.05, 0) is 55.2 Å². The molecular formula is C21H32ClN3O2. The maximum absolute atomic E-state index is 12.6. The predicted molar refractivity (Wildman–Crippen MR) is 111 cm³/mol. The third kappa shape index (κ3) is 5.45. The number of nitrogens with one attached hydrogen (secondary N) is 2. The molecule has 5 nitrogen and oxygen atoms in total. The molecule has 3 rings (SSSR count). The molecule has 2 amide bonds. The first kappa shape index (κ1) is 21.7. The molecule has 2 bridgehead atoms. The predicted octanol–water partition coefficient (Wildman–Crippen LogP) is 3.47. The highest BCUT2D eigenvalue weighted by molar-refractivity contribution is 5.92. The largest absolute Gasteiger partial charge is 0.352 e. The van der Waals surface area contributed by atoms with E-state index in [0.717, 1.165) is 24.1 Å². The van der Waals surface area contributed by atoms with Crippen molar-refractivity contribution in [1.82, 2.24) is 5.32 Å². The fraction of sp³-hybridized carbons (Fsp3) is 0.619. The van der Waals surface area contributed by atoms with E-state index in [1.54, 1.807) is 0 Å². The molecule has 27 heavy (non-hydrogen) atoms. The lowest BCUT2D eigenvalue weighted by Gasteiger charge is -2.43. The standard InChI is InChI=1S/C21H31N3O2.ClH/c1-13(2)20(25)24-18-8-6-14(7-9-18)12-23-21(26)17-10-15-4-3-5-16(11-17)19(15)22;/h6-9,13,15-17,19H,3-5,10-12,22H2,1-2H3,(H,23,26)(H,24,25);1H. The quantitative estimate of drug-likeness (QED) is 0.716. The summed E-state index contributed by atoms with van der Waals surface area (Å²) < 4.78 is 0. The maximum atomic E-state index is 12.6. The molecular weight excluding hydrogens is 362 g/mol. The average Bonchev–Trinajstić information content (AvgIpc) is 2.60. The zero-order chi connectivity index (χ0) is 18.7. The Morgan fingerprint density at radius 3 is 2.26 bits per heavy atom. The van der Waals surface area contributed by atoms with Gasteiger partial charge in [-0.2, -0.15) is 0 Å². The Labute approximate surface area is 168 Å². The molecule has 0 heterocycles. The summed E-state index contributed by atoms with van der Waals surface area (Å²) in [6, 6.07) is 7.95. The topological polar surface area (TPSA) is 84.2 Å². The summed E-state index contributed by atoms with van der Waals surface area (Å²) in [6.07, 6.45) is 5.47. The number of halogens is 1. The smallest absolute Gasteiger partial charge is 0.226 e. The van der Waals surface area contributed by atoms with Gasteiger partial charge < -0.3 is 16.4 Å². The van der Waals surface area contributed by atoms with Gasteiger partial charge in [0, 0.05) is 30.1 Å². The van der Waals surface area contributed by atoms with Crippen molar-refractivity contribution in [1.29, 1.82) is 0 Å².